The van der Waals surface area contributed by atoms with Gasteiger partial charge in [0.1, 0.15) is 5.75 Å². The van der Waals surface area contributed by atoms with Gasteiger partial charge in [0.15, 0.2) is 0 Å². The molecule has 0 saturated heterocycles. The van der Waals surface area contributed by atoms with Crippen LogP contribution in [0.3, 0.4) is 0 Å². The van der Waals surface area contributed by atoms with Gasteiger partial charge in [0.25, 0.3) is 0 Å². The van der Waals surface area contributed by atoms with Crippen LogP contribution in [0.5, 0.6) is 5.75 Å². The van der Waals surface area contributed by atoms with Crippen LogP contribution in [0.1, 0.15) is 16.7 Å². The lowest BCUT2D eigenvalue weighted by Crippen LogP contribution is -2.21. The van der Waals surface area contributed by atoms with Crippen molar-refractivity contribution in [2.75, 3.05) is 7.11 Å². The maximum Gasteiger partial charge on any atom is 0.404 e. The van der Waals surface area contributed by atoms with Crippen LogP contribution < -0.4 is 10.1 Å². The molecular weight excluding hydrogens is 194 g/mol. The van der Waals surface area contributed by atoms with Crippen LogP contribution in [0.25, 0.3) is 0 Å². The van der Waals surface area contributed by atoms with Crippen LogP contribution in [0.4, 0.5) is 4.79 Å². The lowest BCUT2D eigenvalue weighted by atomic mass is 10.0. The predicted molar refractivity (Wildman–Crippen MR) is 57.3 cm³/mol. The molecule has 1 aromatic carbocycles. The maximum atomic E-state index is 10.4. The SMILES string of the molecule is COc1cc(C)cc(C)c1CNC(=O)O. The highest BCUT2D eigenvalue weighted by Gasteiger charge is 2.08. The van der Waals surface area contributed by atoms with Gasteiger partial charge in [-0.2, -0.15) is 0 Å². The molecule has 0 aliphatic carbocycles. The van der Waals surface area contributed by atoms with E-state index in [0.717, 1.165) is 22.4 Å². The Balaban J connectivity index is 2.98. The first-order valence-corrected chi connectivity index (χ1v) is 4.65. The zero-order valence-electron chi connectivity index (χ0n) is 9.13. The standard InChI is InChI=1S/C11H15NO3/c1-7-4-8(2)9(6-12-11(13)14)10(5-7)15-3/h4-5,12H,6H2,1-3H3,(H,13,14). The number of rotatable bonds is 3. The van der Waals surface area contributed by atoms with Gasteiger partial charge in [-0.3, -0.25) is 0 Å². The Morgan fingerprint density at radius 1 is 1.47 bits per heavy atom. The van der Waals surface area contributed by atoms with E-state index in [1.807, 2.05) is 26.0 Å². The molecule has 82 valence electrons. The highest BCUT2D eigenvalue weighted by atomic mass is 16.5. The Labute approximate surface area is 88.9 Å². The lowest BCUT2D eigenvalue weighted by Gasteiger charge is -2.12. The molecule has 0 saturated carbocycles. The summed E-state index contributed by atoms with van der Waals surface area (Å²) in [5.41, 5.74) is 3.01. The molecule has 1 amide bonds. The van der Waals surface area contributed by atoms with Gasteiger partial charge in [-0.15, -0.1) is 0 Å². The van der Waals surface area contributed by atoms with E-state index in [-0.39, 0.29) is 6.54 Å². The Bertz CT molecular complexity index is 374. The fourth-order valence-electron chi connectivity index (χ4n) is 1.53. The minimum Gasteiger partial charge on any atom is -0.496 e. The van der Waals surface area contributed by atoms with Crippen molar-refractivity contribution < 1.29 is 14.6 Å². The maximum absolute atomic E-state index is 10.4. The first kappa shape index (κ1) is 11.4. The number of hydrogen-bond donors (Lipinski definition) is 2. The van der Waals surface area contributed by atoms with Crippen molar-refractivity contribution in [3.63, 3.8) is 0 Å². The third-order valence-corrected chi connectivity index (χ3v) is 2.21. The molecule has 0 spiro atoms. The quantitative estimate of drug-likeness (QED) is 0.801. The predicted octanol–water partition coefficient (Wildman–Crippen LogP) is 2.08. The Morgan fingerprint density at radius 3 is 2.67 bits per heavy atom. The molecule has 1 rings (SSSR count). The first-order chi connectivity index (χ1) is 7.04. The van der Waals surface area contributed by atoms with Crippen LogP contribution in [-0.4, -0.2) is 18.3 Å². The minimum absolute atomic E-state index is 0.268. The molecule has 1 aromatic rings. The van der Waals surface area contributed by atoms with E-state index in [0.29, 0.717) is 0 Å². The lowest BCUT2D eigenvalue weighted by molar-refractivity contribution is 0.194. The van der Waals surface area contributed by atoms with E-state index in [4.69, 9.17) is 9.84 Å². The van der Waals surface area contributed by atoms with Gasteiger partial charge >= 0.3 is 6.09 Å². The summed E-state index contributed by atoms with van der Waals surface area (Å²) >= 11 is 0. The van der Waals surface area contributed by atoms with E-state index in [2.05, 4.69) is 5.32 Å². The van der Waals surface area contributed by atoms with Gasteiger partial charge in [-0.1, -0.05) is 6.07 Å². The van der Waals surface area contributed by atoms with E-state index < -0.39 is 6.09 Å². The van der Waals surface area contributed by atoms with Crippen LogP contribution in [0, 0.1) is 13.8 Å². The highest BCUT2D eigenvalue weighted by molar-refractivity contribution is 5.64. The number of methoxy groups -OCH3 is 1. The summed E-state index contributed by atoms with van der Waals surface area (Å²) in [6.07, 6.45) is -1.03. The van der Waals surface area contributed by atoms with Gasteiger partial charge in [0.05, 0.1) is 13.7 Å². The molecule has 0 aromatic heterocycles. The summed E-state index contributed by atoms with van der Waals surface area (Å²) in [4.78, 5) is 10.4. The highest BCUT2D eigenvalue weighted by Crippen LogP contribution is 2.23. The van der Waals surface area contributed by atoms with Crippen molar-refractivity contribution >= 4 is 6.09 Å². The molecule has 0 heterocycles. The number of hydrogen-bond acceptors (Lipinski definition) is 2. The monoisotopic (exact) mass is 209 g/mol. The van der Waals surface area contributed by atoms with Crippen LogP contribution in [0.15, 0.2) is 12.1 Å². The topological polar surface area (TPSA) is 58.6 Å². The molecule has 0 radical (unpaired) electrons. The number of amides is 1. The van der Waals surface area contributed by atoms with Crippen molar-refractivity contribution in [2.45, 2.75) is 20.4 Å². The second-order valence-corrected chi connectivity index (χ2v) is 3.42. The van der Waals surface area contributed by atoms with Gasteiger partial charge in [0, 0.05) is 5.56 Å². The van der Waals surface area contributed by atoms with Gasteiger partial charge in [-0.25, -0.2) is 4.79 Å². The molecule has 2 N–H and O–H groups in total. The summed E-state index contributed by atoms with van der Waals surface area (Å²) in [6.45, 7) is 4.18. The number of benzene rings is 1. The molecule has 0 bridgehead atoms. The third kappa shape index (κ3) is 2.87. The van der Waals surface area contributed by atoms with Crippen molar-refractivity contribution in [2.24, 2.45) is 0 Å². The molecule has 0 atom stereocenters. The van der Waals surface area contributed by atoms with Crippen molar-refractivity contribution in [1.29, 1.82) is 0 Å². The molecule has 0 aliphatic heterocycles. The van der Waals surface area contributed by atoms with E-state index >= 15 is 0 Å². The molecule has 15 heavy (non-hydrogen) atoms. The van der Waals surface area contributed by atoms with Gasteiger partial charge in [-0.05, 0) is 31.0 Å². The number of aryl methyl sites for hydroxylation is 2. The molecular formula is C11H15NO3. The van der Waals surface area contributed by atoms with Gasteiger partial charge in [0.2, 0.25) is 0 Å². The Kier molecular flexibility index (Phi) is 3.55. The number of carbonyl (C=O) groups is 1. The molecule has 4 nitrogen and oxygen atoms in total. The Morgan fingerprint density at radius 2 is 2.13 bits per heavy atom. The van der Waals surface area contributed by atoms with E-state index in [1.54, 1.807) is 7.11 Å². The zero-order chi connectivity index (χ0) is 11.4. The summed E-state index contributed by atoms with van der Waals surface area (Å²) in [6, 6.07) is 3.90. The fourth-order valence-corrected chi connectivity index (χ4v) is 1.53. The summed E-state index contributed by atoms with van der Waals surface area (Å²) in [5, 5.41) is 10.9. The first-order valence-electron chi connectivity index (χ1n) is 4.65. The smallest absolute Gasteiger partial charge is 0.404 e. The molecule has 0 fully saturated rings. The third-order valence-electron chi connectivity index (χ3n) is 2.21. The summed E-state index contributed by atoms with van der Waals surface area (Å²) < 4.78 is 5.21. The van der Waals surface area contributed by atoms with Crippen LogP contribution in [-0.2, 0) is 6.54 Å². The molecule has 0 aliphatic rings. The summed E-state index contributed by atoms with van der Waals surface area (Å²) in [7, 11) is 1.58. The molecule has 4 heteroatoms. The zero-order valence-corrected chi connectivity index (χ0v) is 9.13. The largest absolute Gasteiger partial charge is 0.496 e. The van der Waals surface area contributed by atoms with Crippen LogP contribution in [0.2, 0.25) is 0 Å². The minimum atomic E-state index is -1.03. The second-order valence-electron chi connectivity index (χ2n) is 3.42. The van der Waals surface area contributed by atoms with Crippen molar-refractivity contribution in [3.8, 4) is 5.75 Å². The number of ether oxygens (including phenoxy) is 1. The van der Waals surface area contributed by atoms with E-state index in [1.165, 1.54) is 0 Å². The second kappa shape index (κ2) is 4.68. The molecule has 0 unspecified atom stereocenters. The average Bonchev–Trinajstić information content (AvgIpc) is 2.14. The van der Waals surface area contributed by atoms with Gasteiger partial charge < -0.3 is 15.2 Å². The normalized spacial score (nSPS) is 9.80. The van der Waals surface area contributed by atoms with Crippen molar-refractivity contribution in [3.05, 3.63) is 28.8 Å². The average molecular weight is 209 g/mol. The Hall–Kier alpha value is -1.71. The number of nitrogens with one attached hydrogen (secondary N) is 1. The van der Waals surface area contributed by atoms with E-state index in [9.17, 15) is 4.79 Å². The summed E-state index contributed by atoms with van der Waals surface area (Å²) in [5.74, 6) is 0.723. The number of carboxylic acid groups (broad SMARTS) is 1. The van der Waals surface area contributed by atoms with Crippen molar-refractivity contribution in [1.82, 2.24) is 5.32 Å². The fraction of sp³-hybridized carbons (Fsp3) is 0.364. The van der Waals surface area contributed by atoms with Crippen LogP contribution >= 0.6 is 0 Å².